The molecule has 2 rings (SSSR count). The van der Waals surface area contributed by atoms with Gasteiger partial charge in [-0.1, -0.05) is 25.1 Å². The van der Waals surface area contributed by atoms with Gasteiger partial charge in [0.15, 0.2) is 5.96 Å². The third-order valence-electron chi connectivity index (χ3n) is 3.69. The van der Waals surface area contributed by atoms with E-state index in [0.29, 0.717) is 6.04 Å². The molecule has 20 heavy (non-hydrogen) atoms. The van der Waals surface area contributed by atoms with Crippen LogP contribution in [0, 0.1) is 5.92 Å². The lowest BCUT2D eigenvalue weighted by atomic mass is 10.2. The van der Waals surface area contributed by atoms with E-state index in [0.717, 1.165) is 30.7 Å². The molecule has 4 heteroatoms. The minimum absolute atomic E-state index is 0.584. The highest BCUT2D eigenvalue weighted by atomic mass is 16.5. The molecule has 110 valence electrons. The van der Waals surface area contributed by atoms with Crippen LogP contribution in [0.25, 0.3) is 0 Å². The van der Waals surface area contributed by atoms with E-state index in [-0.39, 0.29) is 0 Å². The smallest absolute Gasteiger partial charge is 0.194 e. The van der Waals surface area contributed by atoms with Crippen molar-refractivity contribution in [2.45, 2.75) is 32.9 Å². The molecule has 2 unspecified atom stereocenters. The molecule has 1 aromatic carbocycles. The van der Waals surface area contributed by atoms with Crippen LogP contribution in [0.3, 0.4) is 0 Å². The Hall–Kier alpha value is -1.71. The van der Waals surface area contributed by atoms with Gasteiger partial charge in [-0.3, -0.25) is 4.99 Å². The number of nitrogens with zero attached hydrogens (tertiary/aromatic N) is 2. The number of benzene rings is 1. The summed E-state index contributed by atoms with van der Waals surface area (Å²) in [5, 5.41) is 3.53. The zero-order valence-electron chi connectivity index (χ0n) is 12.9. The highest BCUT2D eigenvalue weighted by molar-refractivity contribution is 5.80. The Morgan fingerprint density at radius 1 is 1.45 bits per heavy atom. The van der Waals surface area contributed by atoms with Crippen LogP contribution in [0.2, 0.25) is 0 Å². The van der Waals surface area contributed by atoms with Crippen LogP contribution in [0.1, 0.15) is 25.8 Å². The lowest BCUT2D eigenvalue weighted by molar-refractivity contribution is 0.395. The minimum atomic E-state index is 0.584. The van der Waals surface area contributed by atoms with E-state index in [4.69, 9.17) is 4.74 Å². The fourth-order valence-corrected chi connectivity index (χ4v) is 2.28. The van der Waals surface area contributed by atoms with Crippen LogP contribution in [0.5, 0.6) is 5.75 Å². The summed E-state index contributed by atoms with van der Waals surface area (Å²) in [6.45, 7) is 5.91. The van der Waals surface area contributed by atoms with Crippen molar-refractivity contribution in [3.8, 4) is 5.75 Å². The molecular weight excluding hydrogens is 250 g/mol. The van der Waals surface area contributed by atoms with Crippen LogP contribution in [-0.4, -0.2) is 37.6 Å². The van der Waals surface area contributed by atoms with E-state index in [2.05, 4.69) is 42.2 Å². The number of rotatable bonds is 5. The fourth-order valence-electron chi connectivity index (χ4n) is 2.28. The van der Waals surface area contributed by atoms with Crippen LogP contribution < -0.4 is 10.1 Å². The summed E-state index contributed by atoms with van der Waals surface area (Å²) in [5.41, 5.74) is 1.17. The van der Waals surface area contributed by atoms with Gasteiger partial charge in [-0.05, 0) is 25.3 Å². The van der Waals surface area contributed by atoms with E-state index in [1.807, 2.05) is 18.2 Å². The molecule has 1 aliphatic rings. The van der Waals surface area contributed by atoms with Gasteiger partial charge in [0, 0.05) is 31.7 Å². The Bertz CT molecular complexity index is 473. The molecule has 1 saturated carbocycles. The molecule has 0 aliphatic heterocycles. The van der Waals surface area contributed by atoms with Gasteiger partial charge >= 0.3 is 0 Å². The molecule has 0 radical (unpaired) electrons. The van der Waals surface area contributed by atoms with Gasteiger partial charge in [-0.15, -0.1) is 0 Å². The highest BCUT2D eigenvalue weighted by Gasteiger charge is 2.33. The highest BCUT2D eigenvalue weighted by Crippen LogP contribution is 2.29. The standard InChI is InChI=1S/C16H25N3O/c1-5-17-16(18-14-10-12(14)2)19(3)11-13-8-6-7-9-15(13)20-4/h6-9,12,14H,5,10-11H2,1-4H3,(H,17,18). The lowest BCUT2D eigenvalue weighted by Crippen LogP contribution is -2.40. The van der Waals surface area contributed by atoms with E-state index in [1.54, 1.807) is 7.11 Å². The van der Waals surface area contributed by atoms with Gasteiger partial charge in [-0.2, -0.15) is 0 Å². The molecule has 1 aliphatic carbocycles. The van der Waals surface area contributed by atoms with Crippen molar-refractivity contribution in [3.05, 3.63) is 29.8 Å². The number of methoxy groups -OCH3 is 1. The Morgan fingerprint density at radius 2 is 2.15 bits per heavy atom. The number of hydrogen-bond acceptors (Lipinski definition) is 2. The summed E-state index contributed by atoms with van der Waals surface area (Å²) in [5.74, 6) is 2.67. The summed E-state index contributed by atoms with van der Waals surface area (Å²) in [4.78, 5) is 6.74. The molecular formula is C16H25N3O. The van der Waals surface area contributed by atoms with Crippen LogP contribution in [0.15, 0.2) is 29.3 Å². The zero-order valence-corrected chi connectivity index (χ0v) is 12.9. The normalized spacial score (nSPS) is 21.5. The van der Waals surface area contributed by atoms with Crippen molar-refractivity contribution >= 4 is 5.96 Å². The molecule has 1 fully saturated rings. The van der Waals surface area contributed by atoms with E-state index >= 15 is 0 Å². The maximum Gasteiger partial charge on any atom is 0.194 e. The number of aliphatic imine (C=N–C) groups is 1. The average Bonchev–Trinajstić information content (AvgIpc) is 3.14. The third kappa shape index (κ3) is 3.65. The first kappa shape index (κ1) is 14.7. The molecule has 0 aromatic heterocycles. The second-order valence-corrected chi connectivity index (χ2v) is 5.43. The minimum Gasteiger partial charge on any atom is -0.496 e. The van der Waals surface area contributed by atoms with E-state index in [9.17, 15) is 0 Å². The van der Waals surface area contributed by atoms with E-state index < -0.39 is 0 Å². The summed E-state index contributed by atoms with van der Waals surface area (Å²) < 4.78 is 5.41. The van der Waals surface area contributed by atoms with Gasteiger partial charge < -0.3 is 15.0 Å². The molecule has 0 heterocycles. The molecule has 1 aromatic rings. The second-order valence-electron chi connectivity index (χ2n) is 5.43. The number of ether oxygens (including phenoxy) is 1. The first-order valence-electron chi connectivity index (χ1n) is 7.29. The largest absolute Gasteiger partial charge is 0.496 e. The van der Waals surface area contributed by atoms with Crippen LogP contribution >= 0.6 is 0 Å². The maximum absolute atomic E-state index is 5.41. The molecule has 0 amide bonds. The van der Waals surface area contributed by atoms with Gasteiger partial charge in [0.25, 0.3) is 0 Å². The predicted molar refractivity (Wildman–Crippen MR) is 83.1 cm³/mol. The van der Waals surface area contributed by atoms with Gasteiger partial charge in [0.2, 0.25) is 0 Å². The molecule has 1 N–H and O–H groups in total. The first-order chi connectivity index (χ1) is 9.65. The summed E-state index contributed by atoms with van der Waals surface area (Å²) in [6, 6.07) is 8.71. The van der Waals surface area contributed by atoms with Gasteiger partial charge in [-0.25, -0.2) is 0 Å². The molecule has 0 spiro atoms. The van der Waals surface area contributed by atoms with Crippen LogP contribution in [0.4, 0.5) is 0 Å². The second kappa shape index (κ2) is 6.64. The summed E-state index contributed by atoms with van der Waals surface area (Å²) in [6.07, 6.45) is 1.24. The van der Waals surface area contributed by atoms with Crippen molar-refractivity contribution in [2.24, 2.45) is 10.9 Å². The quantitative estimate of drug-likeness (QED) is 0.662. The Morgan fingerprint density at radius 3 is 2.75 bits per heavy atom. The van der Waals surface area contributed by atoms with Crippen molar-refractivity contribution in [1.29, 1.82) is 0 Å². The average molecular weight is 275 g/mol. The Labute approximate surface area is 121 Å². The number of para-hydroxylation sites is 1. The van der Waals surface area contributed by atoms with Crippen molar-refractivity contribution in [2.75, 3.05) is 20.7 Å². The Balaban J connectivity index is 2.04. The zero-order chi connectivity index (χ0) is 14.5. The number of nitrogens with one attached hydrogen (secondary N) is 1. The monoisotopic (exact) mass is 275 g/mol. The molecule has 4 nitrogen and oxygen atoms in total. The fraction of sp³-hybridized carbons (Fsp3) is 0.562. The predicted octanol–water partition coefficient (Wildman–Crippen LogP) is 2.50. The molecule has 0 bridgehead atoms. The van der Waals surface area contributed by atoms with Crippen molar-refractivity contribution < 1.29 is 4.74 Å². The van der Waals surface area contributed by atoms with Crippen LogP contribution in [-0.2, 0) is 6.54 Å². The van der Waals surface area contributed by atoms with Gasteiger partial charge in [0.1, 0.15) is 5.75 Å². The lowest BCUT2D eigenvalue weighted by Gasteiger charge is -2.23. The van der Waals surface area contributed by atoms with E-state index in [1.165, 1.54) is 12.0 Å². The Kier molecular flexibility index (Phi) is 4.88. The van der Waals surface area contributed by atoms with Crippen molar-refractivity contribution in [1.82, 2.24) is 10.2 Å². The first-order valence-corrected chi connectivity index (χ1v) is 7.29. The number of hydrogen-bond donors (Lipinski definition) is 1. The van der Waals surface area contributed by atoms with Gasteiger partial charge in [0.05, 0.1) is 7.11 Å². The van der Waals surface area contributed by atoms with Crippen molar-refractivity contribution in [3.63, 3.8) is 0 Å². The SMILES string of the molecule is CCN=C(NC1CC1C)N(C)Cc1ccccc1OC. The number of guanidine groups is 1. The third-order valence-corrected chi connectivity index (χ3v) is 3.69. The molecule has 0 saturated heterocycles. The maximum atomic E-state index is 5.41. The summed E-state index contributed by atoms with van der Waals surface area (Å²) in [7, 11) is 3.78. The summed E-state index contributed by atoms with van der Waals surface area (Å²) >= 11 is 0. The topological polar surface area (TPSA) is 36.9 Å². The molecule has 2 atom stereocenters.